The lowest BCUT2D eigenvalue weighted by Crippen LogP contribution is -2.55. The Labute approximate surface area is 152 Å². The van der Waals surface area contributed by atoms with Gasteiger partial charge >= 0.3 is 6.03 Å². The number of nitrogens with one attached hydrogen (secondary N) is 2. The molecular weight excluding hydrogens is 336 g/mol. The maximum atomic E-state index is 12.7. The number of benzene rings is 1. The molecule has 2 saturated heterocycles. The van der Waals surface area contributed by atoms with E-state index in [9.17, 15) is 14.4 Å². The lowest BCUT2D eigenvalue weighted by Gasteiger charge is -2.38. The minimum atomic E-state index is -0.649. The predicted molar refractivity (Wildman–Crippen MR) is 96.1 cm³/mol. The Bertz CT molecular complexity index is 686. The molecule has 8 nitrogen and oxygen atoms in total. The first kappa shape index (κ1) is 18.0. The number of imide groups is 1. The van der Waals surface area contributed by atoms with Gasteiger partial charge in [-0.1, -0.05) is 12.1 Å². The molecular formula is C18H24N4O4. The molecule has 26 heavy (non-hydrogen) atoms. The van der Waals surface area contributed by atoms with E-state index in [1.54, 1.807) is 4.90 Å². The van der Waals surface area contributed by atoms with Gasteiger partial charge in [-0.05, 0) is 25.5 Å². The Morgan fingerprint density at radius 1 is 1.19 bits per heavy atom. The highest BCUT2D eigenvalue weighted by atomic mass is 16.5. The molecule has 3 rings (SSSR count). The van der Waals surface area contributed by atoms with Crippen LogP contribution in [0.4, 0.5) is 10.5 Å². The van der Waals surface area contributed by atoms with E-state index in [4.69, 9.17) is 4.74 Å². The van der Waals surface area contributed by atoms with Gasteiger partial charge in [0.05, 0.1) is 12.3 Å². The van der Waals surface area contributed by atoms with Crippen molar-refractivity contribution in [1.82, 2.24) is 15.5 Å². The van der Waals surface area contributed by atoms with Crippen molar-refractivity contribution in [1.29, 1.82) is 0 Å². The van der Waals surface area contributed by atoms with Crippen molar-refractivity contribution >= 4 is 23.5 Å². The molecule has 0 unspecified atom stereocenters. The van der Waals surface area contributed by atoms with Gasteiger partial charge in [0.25, 0.3) is 0 Å². The van der Waals surface area contributed by atoms with E-state index in [0.717, 1.165) is 11.4 Å². The van der Waals surface area contributed by atoms with Gasteiger partial charge in [-0.15, -0.1) is 0 Å². The van der Waals surface area contributed by atoms with Crippen LogP contribution in [0.3, 0.4) is 0 Å². The molecule has 0 bridgehead atoms. The van der Waals surface area contributed by atoms with Crippen molar-refractivity contribution in [3.8, 4) is 5.75 Å². The second-order valence-electron chi connectivity index (χ2n) is 6.33. The zero-order chi connectivity index (χ0) is 18.5. The third-order valence-corrected chi connectivity index (χ3v) is 4.61. The molecule has 0 radical (unpaired) electrons. The highest BCUT2D eigenvalue weighted by Gasteiger charge is 2.31. The van der Waals surface area contributed by atoms with Crippen molar-refractivity contribution in [2.24, 2.45) is 0 Å². The van der Waals surface area contributed by atoms with Gasteiger partial charge in [0, 0.05) is 32.6 Å². The monoisotopic (exact) mass is 360 g/mol. The average Bonchev–Trinajstić information content (AvgIpc) is 2.82. The number of hydrogen-bond donors (Lipinski definition) is 2. The van der Waals surface area contributed by atoms with Crippen molar-refractivity contribution in [3.63, 3.8) is 0 Å². The minimum Gasteiger partial charge on any atom is -0.492 e. The SMILES string of the molecule is CCOc1ccccc1N1CCN(C(=O)[C@H]2CCC(=O)NC(=O)N2)CC1. The molecule has 1 atom stereocenters. The summed E-state index contributed by atoms with van der Waals surface area (Å²) in [4.78, 5) is 39.6. The lowest BCUT2D eigenvalue weighted by atomic mass is 10.1. The molecule has 2 aliphatic rings. The first-order valence-electron chi connectivity index (χ1n) is 8.94. The fourth-order valence-corrected chi connectivity index (χ4v) is 3.30. The lowest BCUT2D eigenvalue weighted by molar-refractivity contribution is -0.133. The van der Waals surface area contributed by atoms with Gasteiger partial charge in [-0.3, -0.25) is 14.9 Å². The maximum absolute atomic E-state index is 12.7. The molecule has 1 aromatic rings. The molecule has 0 saturated carbocycles. The molecule has 0 aliphatic carbocycles. The number of rotatable bonds is 4. The topological polar surface area (TPSA) is 91.0 Å². The maximum Gasteiger partial charge on any atom is 0.322 e. The number of piperazine rings is 1. The van der Waals surface area contributed by atoms with E-state index >= 15 is 0 Å². The average molecular weight is 360 g/mol. The zero-order valence-corrected chi connectivity index (χ0v) is 14.9. The number of carbonyl (C=O) groups is 3. The van der Waals surface area contributed by atoms with Crippen LogP contribution in [0.5, 0.6) is 5.75 Å². The Morgan fingerprint density at radius 3 is 2.65 bits per heavy atom. The van der Waals surface area contributed by atoms with Crippen LogP contribution < -0.4 is 20.3 Å². The third kappa shape index (κ3) is 4.07. The number of carbonyl (C=O) groups excluding carboxylic acids is 3. The van der Waals surface area contributed by atoms with Gasteiger partial charge in [0.1, 0.15) is 11.8 Å². The van der Waals surface area contributed by atoms with E-state index in [1.807, 2.05) is 31.2 Å². The number of urea groups is 1. The first-order valence-corrected chi connectivity index (χ1v) is 8.94. The van der Waals surface area contributed by atoms with Gasteiger partial charge in [-0.25, -0.2) is 4.79 Å². The van der Waals surface area contributed by atoms with Crippen LogP contribution in [-0.4, -0.2) is 61.6 Å². The first-order chi connectivity index (χ1) is 12.6. The molecule has 2 heterocycles. The summed E-state index contributed by atoms with van der Waals surface area (Å²) in [5.74, 6) is 0.359. The molecule has 4 amide bonds. The quantitative estimate of drug-likeness (QED) is 0.826. The molecule has 0 aromatic heterocycles. The van der Waals surface area contributed by atoms with Crippen LogP contribution in [0.15, 0.2) is 24.3 Å². The molecule has 8 heteroatoms. The summed E-state index contributed by atoms with van der Waals surface area (Å²) in [5.41, 5.74) is 1.03. The summed E-state index contributed by atoms with van der Waals surface area (Å²) in [6.45, 7) is 5.05. The molecule has 1 aromatic carbocycles. The molecule has 2 fully saturated rings. The predicted octanol–water partition coefficient (Wildman–Crippen LogP) is 0.722. The highest BCUT2D eigenvalue weighted by Crippen LogP contribution is 2.28. The Kier molecular flexibility index (Phi) is 5.60. The molecule has 2 N–H and O–H groups in total. The standard InChI is InChI=1S/C18H24N4O4/c1-2-26-15-6-4-3-5-14(15)21-9-11-22(12-10-21)17(24)13-7-8-16(23)20-18(25)19-13/h3-6,13H,2,7-12H2,1H3,(H2,19,20,23,25)/t13-/m1/s1. The Morgan fingerprint density at radius 2 is 1.92 bits per heavy atom. The zero-order valence-electron chi connectivity index (χ0n) is 14.9. The van der Waals surface area contributed by atoms with Crippen molar-refractivity contribution in [2.75, 3.05) is 37.7 Å². The van der Waals surface area contributed by atoms with E-state index in [1.165, 1.54) is 0 Å². The highest BCUT2D eigenvalue weighted by molar-refractivity contribution is 5.98. The second kappa shape index (κ2) is 8.07. The number of anilines is 1. The summed E-state index contributed by atoms with van der Waals surface area (Å²) < 4.78 is 5.69. The largest absolute Gasteiger partial charge is 0.492 e. The van der Waals surface area contributed by atoms with Crippen molar-refractivity contribution in [2.45, 2.75) is 25.8 Å². The van der Waals surface area contributed by atoms with E-state index in [0.29, 0.717) is 39.2 Å². The fraction of sp³-hybridized carbons (Fsp3) is 0.500. The third-order valence-electron chi connectivity index (χ3n) is 4.61. The van der Waals surface area contributed by atoms with Crippen molar-refractivity contribution < 1.29 is 19.1 Å². The number of hydrogen-bond acceptors (Lipinski definition) is 5. The van der Waals surface area contributed by atoms with Crippen LogP contribution in [0.2, 0.25) is 0 Å². The fourth-order valence-electron chi connectivity index (χ4n) is 3.30. The number of nitrogens with zero attached hydrogens (tertiary/aromatic N) is 2. The molecule has 0 spiro atoms. The molecule has 140 valence electrons. The Balaban J connectivity index is 1.60. The van der Waals surface area contributed by atoms with Crippen LogP contribution >= 0.6 is 0 Å². The number of ether oxygens (including phenoxy) is 1. The van der Waals surface area contributed by atoms with Gasteiger partial charge in [0.2, 0.25) is 11.8 Å². The summed E-state index contributed by atoms with van der Waals surface area (Å²) in [7, 11) is 0. The van der Waals surface area contributed by atoms with E-state index < -0.39 is 12.1 Å². The molecule has 2 aliphatic heterocycles. The van der Waals surface area contributed by atoms with Crippen LogP contribution in [0.1, 0.15) is 19.8 Å². The summed E-state index contributed by atoms with van der Waals surface area (Å²) >= 11 is 0. The van der Waals surface area contributed by atoms with Crippen LogP contribution in [-0.2, 0) is 9.59 Å². The van der Waals surface area contributed by atoms with E-state index in [2.05, 4.69) is 15.5 Å². The Hall–Kier alpha value is -2.77. The second-order valence-corrected chi connectivity index (χ2v) is 6.33. The van der Waals surface area contributed by atoms with Crippen LogP contribution in [0, 0.1) is 0 Å². The van der Waals surface area contributed by atoms with Crippen molar-refractivity contribution in [3.05, 3.63) is 24.3 Å². The van der Waals surface area contributed by atoms with Gasteiger partial charge in [-0.2, -0.15) is 0 Å². The van der Waals surface area contributed by atoms with Crippen LogP contribution in [0.25, 0.3) is 0 Å². The number of amides is 4. The normalized spacial score (nSPS) is 20.9. The van der Waals surface area contributed by atoms with Gasteiger partial charge < -0.3 is 19.9 Å². The number of para-hydroxylation sites is 2. The van der Waals surface area contributed by atoms with Gasteiger partial charge in [0.15, 0.2) is 0 Å². The summed E-state index contributed by atoms with van der Waals surface area (Å²) in [6.07, 6.45) is 0.487. The summed E-state index contributed by atoms with van der Waals surface area (Å²) in [5, 5.41) is 4.77. The van der Waals surface area contributed by atoms with E-state index in [-0.39, 0.29) is 18.2 Å². The smallest absolute Gasteiger partial charge is 0.322 e. The minimum absolute atomic E-state index is 0.132. The summed E-state index contributed by atoms with van der Waals surface area (Å²) in [6, 6.07) is 6.63.